The quantitative estimate of drug-likeness (QED) is 0.866. The maximum Gasteiger partial charge on any atom is 0.252 e. The molecule has 5 nitrogen and oxygen atoms in total. The third kappa shape index (κ3) is 3.44. The molecule has 0 aliphatic carbocycles. The van der Waals surface area contributed by atoms with Crippen molar-refractivity contribution in [1.82, 2.24) is 5.32 Å². The van der Waals surface area contributed by atoms with Crippen molar-refractivity contribution in [2.45, 2.75) is 6.10 Å². The first-order chi connectivity index (χ1) is 8.66. The van der Waals surface area contributed by atoms with E-state index in [1.54, 1.807) is 18.2 Å². The molecule has 1 aromatic rings. The van der Waals surface area contributed by atoms with Crippen molar-refractivity contribution in [3.05, 3.63) is 28.2 Å². The molecule has 0 radical (unpaired) electrons. The van der Waals surface area contributed by atoms with E-state index < -0.39 is 5.91 Å². The summed E-state index contributed by atoms with van der Waals surface area (Å²) >= 11 is 3.34. The molecule has 1 unspecified atom stereocenters. The number of nitrogens with one attached hydrogen (secondary N) is 1. The number of carbonyl (C=O) groups is 1. The van der Waals surface area contributed by atoms with Crippen LogP contribution in [0.5, 0.6) is 5.75 Å². The van der Waals surface area contributed by atoms with Crippen LogP contribution in [0.2, 0.25) is 0 Å². The van der Waals surface area contributed by atoms with E-state index in [4.69, 9.17) is 15.2 Å². The lowest BCUT2D eigenvalue weighted by Crippen LogP contribution is -2.41. The van der Waals surface area contributed by atoms with Gasteiger partial charge in [-0.25, -0.2) is 0 Å². The summed E-state index contributed by atoms with van der Waals surface area (Å²) in [7, 11) is 0. The van der Waals surface area contributed by atoms with Crippen LogP contribution in [0.15, 0.2) is 22.7 Å². The summed E-state index contributed by atoms with van der Waals surface area (Å²) in [6.45, 7) is 2.68. The molecule has 1 saturated heterocycles. The Hall–Kier alpha value is -1.11. The number of morpholine rings is 1. The normalized spacial score (nSPS) is 19.5. The molecule has 1 aliphatic rings. The van der Waals surface area contributed by atoms with Gasteiger partial charge in [0.15, 0.2) is 0 Å². The molecular formula is C12H15BrN2O3. The minimum atomic E-state index is -0.500. The molecular weight excluding hydrogens is 300 g/mol. The summed E-state index contributed by atoms with van der Waals surface area (Å²) in [5.41, 5.74) is 5.67. The average Bonchev–Trinajstić information content (AvgIpc) is 2.37. The number of amides is 1. The fourth-order valence-electron chi connectivity index (χ4n) is 1.73. The van der Waals surface area contributed by atoms with Gasteiger partial charge in [0.05, 0.1) is 12.2 Å². The molecule has 1 aromatic carbocycles. The highest BCUT2D eigenvalue weighted by molar-refractivity contribution is 9.10. The van der Waals surface area contributed by atoms with E-state index in [-0.39, 0.29) is 6.10 Å². The maximum atomic E-state index is 11.3. The van der Waals surface area contributed by atoms with Crippen LogP contribution in [-0.2, 0) is 4.74 Å². The van der Waals surface area contributed by atoms with Crippen molar-refractivity contribution in [3.63, 3.8) is 0 Å². The number of benzene rings is 1. The summed E-state index contributed by atoms with van der Waals surface area (Å²) in [6, 6.07) is 5.13. The lowest BCUT2D eigenvalue weighted by Gasteiger charge is -2.24. The van der Waals surface area contributed by atoms with E-state index in [2.05, 4.69) is 21.2 Å². The highest BCUT2D eigenvalue weighted by Crippen LogP contribution is 2.23. The Labute approximate surface area is 114 Å². The van der Waals surface area contributed by atoms with Crippen molar-refractivity contribution in [2.75, 3.05) is 26.3 Å². The van der Waals surface area contributed by atoms with Gasteiger partial charge in [-0.3, -0.25) is 4.79 Å². The first-order valence-electron chi connectivity index (χ1n) is 5.71. The number of primary amides is 1. The SMILES string of the molecule is NC(=O)c1ccc(Br)cc1OCC1CNCCO1. The highest BCUT2D eigenvalue weighted by Gasteiger charge is 2.16. The number of hydrogen-bond donors (Lipinski definition) is 2. The Morgan fingerprint density at radius 3 is 3.11 bits per heavy atom. The first-order valence-corrected chi connectivity index (χ1v) is 6.50. The second-order valence-corrected chi connectivity index (χ2v) is 4.93. The zero-order chi connectivity index (χ0) is 13.0. The number of nitrogens with two attached hydrogens (primary N) is 1. The van der Waals surface area contributed by atoms with Crippen molar-refractivity contribution in [2.24, 2.45) is 5.73 Å². The van der Waals surface area contributed by atoms with E-state index in [0.717, 1.165) is 17.6 Å². The Kier molecular flexibility index (Phi) is 4.57. The number of carbonyl (C=O) groups excluding carboxylic acids is 1. The van der Waals surface area contributed by atoms with Gasteiger partial charge in [0.1, 0.15) is 18.5 Å². The molecule has 98 valence electrons. The monoisotopic (exact) mass is 314 g/mol. The summed E-state index contributed by atoms with van der Waals surface area (Å²) in [6.07, 6.45) is -0.00143. The number of halogens is 1. The smallest absolute Gasteiger partial charge is 0.252 e. The minimum absolute atomic E-state index is 0.00143. The van der Waals surface area contributed by atoms with Crippen LogP contribution in [0.25, 0.3) is 0 Å². The van der Waals surface area contributed by atoms with Gasteiger partial charge < -0.3 is 20.5 Å². The third-order valence-corrected chi connectivity index (χ3v) is 3.13. The van der Waals surface area contributed by atoms with Crippen LogP contribution in [0.1, 0.15) is 10.4 Å². The largest absolute Gasteiger partial charge is 0.490 e. The lowest BCUT2D eigenvalue weighted by molar-refractivity contribution is 0.0000262. The Morgan fingerprint density at radius 2 is 2.44 bits per heavy atom. The minimum Gasteiger partial charge on any atom is -0.490 e. The Morgan fingerprint density at radius 1 is 1.61 bits per heavy atom. The molecule has 1 fully saturated rings. The predicted octanol–water partition coefficient (Wildman–Crippen LogP) is 0.915. The van der Waals surface area contributed by atoms with Crippen LogP contribution >= 0.6 is 15.9 Å². The van der Waals surface area contributed by atoms with Gasteiger partial charge >= 0.3 is 0 Å². The topological polar surface area (TPSA) is 73.6 Å². The van der Waals surface area contributed by atoms with Gasteiger partial charge in [-0.15, -0.1) is 0 Å². The summed E-state index contributed by atoms with van der Waals surface area (Å²) in [4.78, 5) is 11.3. The number of rotatable bonds is 4. The molecule has 0 spiro atoms. The Bertz CT molecular complexity index is 433. The molecule has 2 rings (SSSR count). The van der Waals surface area contributed by atoms with Gasteiger partial charge in [-0.05, 0) is 18.2 Å². The van der Waals surface area contributed by atoms with Crippen molar-refractivity contribution in [3.8, 4) is 5.75 Å². The molecule has 6 heteroatoms. The van der Waals surface area contributed by atoms with E-state index in [9.17, 15) is 4.79 Å². The van der Waals surface area contributed by atoms with Gasteiger partial charge in [0.25, 0.3) is 5.91 Å². The van der Waals surface area contributed by atoms with E-state index >= 15 is 0 Å². The maximum absolute atomic E-state index is 11.3. The molecule has 1 aliphatic heterocycles. The summed E-state index contributed by atoms with van der Waals surface area (Å²) in [5, 5.41) is 3.21. The predicted molar refractivity (Wildman–Crippen MR) is 70.8 cm³/mol. The number of ether oxygens (including phenoxy) is 2. The van der Waals surface area contributed by atoms with Crippen molar-refractivity contribution in [1.29, 1.82) is 0 Å². The fourth-order valence-corrected chi connectivity index (χ4v) is 2.07. The van der Waals surface area contributed by atoms with Crippen molar-refractivity contribution >= 4 is 21.8 Å². The summed E-state index contributed by atoms with van der Waals surface area (Å²) in [5.74, 6) is -0.0220. The van der Waals surface area contributed by atoms with Crippen molar-refractivity contribution < 1.29 is 14.3 Å². The van der Waals surface area contributed by atoms with Crippen LogP contribution in [0, 0.1) is 0 Å². The molecule has 18 heavy (non-hydrogen) atoms. The second-order valence-electron chi connectivity index (χ2n) is 4.01. The van der Waals surface area contributed by atoms with Gasteiger partial charge in [-0.1, -0.05) is 15.9 Å². The Balaban J connectivity index is 2.03. The van der Waals surface area contributed by atoms with Gasteiger partial charge in [0.2, 0.25) is 0 Å². The molecule has 1 heterocycles. The number of hydrogen-bond acceptors (Lipinski definition) is 4. The lowest BCUT2D eigenvalue weighted by atomic mass is 10.2. The van der Waals surface area contributed by atoms with E-state index in [1.165, 1.54) is 0 Å². The molecule has 1 amide bonds. The van der Waals surface area contributed by atoms with Crippen LogP contribution in [-0.4, -0.2) is 38.3 Å². The second kappa shape index (κ2) is 6.17. The summed E-state index contributed by atoms with van der Waals surface area (Å²) < 4.78 is 12.0. The first kappa shape index (κ1) is 13.3. The molecule has 1 atom stereocenters. The third-order valence-electron chi connectivity index (χ3n) is 2.64. The molecule has 3 N–H and O–H groups in total. The molecule has 0 bridgehead atoms. The zero-order valence-electron chi connectivity index (χ0n) is 9.82. The molecule has 0 saturated carbocycles. The highest BCUT2D eigenvalue weighted by atomic mass is 79.9. The standard InChI is InChI=1S/C12H15BrN2O3/c13-8-1-2-10(12(14)16)11(5-8)18-7-9-6-15-3-4-17-9/h1-2,5,9,15H,3-4,6-7H2,(H2,14,16). The average molecular weight is 315 g/mol. The van der Waals surface area contributed by atoms with Crippen LogP contribution in [0.3, 0.4) is 0 Å². The molecule has 0 aromatic heterocycles. The van der Waals surface area contributed by atoms with E-state index in [0.29, 0.717) is 24.5 Å². The zero-order valence-corrected chi connectivity index (χ0v) is 11.4. The van der Waals surface area contributed by atoms with E-state index in [1.807, 2.05) is 0 Å². The van der Waals surface area contributed by atoms with Gasteiger partial charge in [0, 0.05) is 17.6 Å². The van der Waals surface area contributed by atoms with Gasteiger partial charge in [-0.2, -0.15) is 0 Å². The fraction of sp³-hybridized carbons (Fsp3) is 0.417. The van der Waals surface area contributed by atoms with Crippen LogP contribution in [0.4, 0.5) is 0 Å². The van der Waals surface area contributed by atoms with Crippen LogP contribution < -0.4 is 15.8 Å².